The molecule has 2 N–H and O–H groups in total. The van der Waals surface area contributed by atoms with E-state index >= 15 is 0 Å². The first-order valence-electron chi connectivity index (χ1n) is 9.07. The monoisotopic (exact) mass is 387 g/mol. The summed E-state index contributed by atoms with van der Waals surface area (Å²) in [5, 5.41) is 0. The lowest BCUT2D eigenvalue weighted by Crippen LogP contribution is -2.43. The van der Waals surface area contributed by atoms with Crippen LogP contribution >= 0.6 is 24.8 Å². The van der Waals surface area contributed by atoms with Gasteiger partial charge in [0, 0.05) is 19.6 Å². The molecule has 2 aliphatic rings. The van der Waals surface area contributed by atoms with Crippen molar-refractivity contribution in [2.75, 3.05) is 26.2 Å². The summed E-state index contributed by atoms with van der Waals surface area (Å²) in [6, 6.07) is 8.25. The van der Waals surface area contributed by atoms with E-state index in [1.54, 1.807) is 0 Å². The molecule has 2 heterocycles. The van der Waals surface area contributed by atoms with Gasteiger partial charge in [-0.3, -0.25) is 9.69 Å². The zero-order valence-corrected chi connectivity index (χ0v) is 16.5. The van der Waals surface area contributed by atoms with Crippen LogP contribution in [-0.4, -0.2) is 47.9 Å². The maximum atomic E-state index is 12.3. The maximum absolute atomic E-state index is 12.3. The van der Waals surface area contributed by atoms with Crippen molar-refractivity contribution in [3.05, 3.63) is 35.4 Å². The summed E-state index contributed by atoms with van der Waals surface area (Å²) in [7, 11) is 0. The summed E-state index contributed by atoms with van der Waals surface area (Å²) in [6.45, 7) is 5.23. The number of nitrogens with zero attached hydrogens (tertiary/aromatic N) is 2. The third-order valence-corrected chi connectivity index (χ3v) is 5.07. The minimum atomic E-state index is -0.402. The average molecular weight is 388 g/mol. The quantitative estimate of drug-likeness (QED) is 0.844. The fourth-order valence-electron chi connectivity index (χ4n) is 3.67. The number of amides is 1. The topological polar surface area (TPSA) is 49.6 Å². The molecule has 0 spiro atoms. The zero-order chi connectivity index (χ0) is 16.1. The molecule has 0 aromatic heterocycles. The average Bonchev–Trinajstić information content (AvgIpc) is 3.11. The van der Waals surface area contributed by atoms with Gasteiger partial charge in [0.25, 0.3) is 0 Å². The van der Waals surface area contributed by atoms with Crippen molar-refractivity contribution in [2.24, 2.45) is 5.73 Å². The third-order valence-electron chi connectivity index (χ3n) is 5.07. The highest BCUT2D eigenvalue weighted by molar-refractivity contribution is 5.85. The summed E-state index contributed by atoms with van der Waals surface area (Å²) < 4.78 is 0. The summed E-state index contributed by atoms with van der Waals surface area (Å²) in [4.78, 5) is 16.7. The highest BCUT2D eigenvalue weighted by Gasteiger charge is 2.23. The molecule has 1 atom stereocenters. The van der Waals surface area contributed by atoms with Crippen molar-refractivity contribution in [3.63, 3.8) is 0 Å². The molecule has 0 bridgehead atoms. The number of hydrogen-bond acceptors (Lipinski definition) is 3. The van der Waals surface area contributed by atoms with Gasteiger partial charge in [-0.1, -0.05) is 30.7 Å². The number of likely N-dealkylation sites (tertiary alicyclic amines) is 2. The molecule has 2 fully saturated rings. The SMILES string of the molecule is Cl.Cl.NC(Cc1ccc(CN2CCCCC2)cc1)C(=O)N1CCCC1. The van der Waals surface area contributed by atoms with Crippen molar-refractivity contribution < 1.29 is 4.79 Å². The Hall–Kier alpha value is -0.810. The van der Waals surface area contributed by atoms with E-state index in [0.717, 1.165) is 38.0 Å². The lowest BCUT2D eigenvalue weighted by Gasteiger charge is -2.26. The predicted molar refractivity (Wildman–Crippen MR) is 108 cm³/mol. The lowest BCUT2D eigenvalue weighted by atomic mass is 10.0. The predicted octanol–water partition coefficient (Wildman–Crippen LogP) is 3.01. The Morgan fingerprint density at radius 2 is 1.40 bits per heavy atom. The van der Waals surface area contributed by atoms with Gasteiger partial charge in [0.05, 0.1) is 6.04 Å². The molecule has 0 radical (unpaired) electrons. The number of benzene rings is 1. The molecule has 25 heavy (non-hydrogen) atoms. The molecule has 1 amide bonds. The number of hydrogen-bond donors (Lipinski definition) is 1. The Balaban J connectivity index is 0.00000156. The number of carbonyl (C=O) groups is 1. The van der Waals surface area contributed by atoms with Crippen LogP contribution in [0.3, 0.4) is 0 Å². The van der Waals surface area contributed by atoms with E-state index in [-0.39, 0.29) is 30.7 Å². The summed E-state index contributed by atoms with van der Waals surface area (Å²) >= 11 is 0. The first-order valence-corrected chi connectivity index (χ1v) is 9.07. The number of rotatable bonds is 5. The molecule has 1 aromatic rings. The number of piperidine rings is 1. The summed E-state index contributed by atoms with van der Waals surface area (Å²) in [6.07, 6.45) is 6.89. The first kappa shape index (κ1) is 22.2. The minimum Gasteiger partial charge on any atom is -0.341 e. The van der Waals surface area contributed by atoms with Crippen molar-refractivity contribution in [1.82, 2.24) is 9.80 Å². The van der Waals surface area contributed by atoms with Gasteiger partial charge in [-0.25, -0.2) is 0 Å². The highest BCUT2D eigenvalue weighted by atomic mass is 35.5. The van der Waals surface area contributed by atoms with Crippen molar-refractivity contribution >= 4 is 30.7 Å². The van der Waals surface area contributed by atoms with Crippen molar-refractivity contribution in [1.29, 1.82) is 0 Å². The van der Waals surface area contributed by atoms with E-state index in [0.29, 0.717) is 6.42 Å². The first-order chi connectivity index (χ1) is 11.2. The number of halogens is 2. The molecule has 0 saturated carbocycles. The number of carbonyl (C=O) groups excluding carboxylic acids is 1. The van der Waals surface area contributed by atoms with Crippen LogP contribution in [0.4, 0.5) is 0 Å². The summed E-state index contributed by atoms with van der Waals surface area (Å²) in [5.74, 6) is 0.111. The summed E-state index contributed by atoms with van der Waals surface area (Å²) in [5.41, 5.74) is 8.63. The third kappa shape index (κ3) is 6.45. The Bertz CT molecular complexity index is 512. The van der Waals surface area contributed by atoms with Gasteiger partial charge in [0.2, 0.25) is 5.91 Å². The Morgan fingerprint density at radius 3 is 2.00 bits per heavy atom. The second kappa shape index (κ2) is 11.0. The normalized spacial score (nSPS) is 19.0. The molecular formula is C19H31Cl2N3O. The van der Waals surface area contributed by atoms with E-state index in [2.05, 4.69) is 29.2 Å². The fourth-order valence-corrected chi connectivity index (χ4v) is 3.67. The van der Waals surface area contributed by atoms with Gasteiger partial charge >= 0.3 is 0 Å². The van der Waals surface area contributed by atoms with E-state index in [1.807, 2.05) is 4.90 Å². The van der Waals surface area contributed by atoms with Crippen LogP contribution in [0, 0.1) is 0 Å². The molecule has 1 aromatic carbocycles. The van der Waals surface area contributed by atoms with Crippen LogP contribution < -0.4 is 5.73 Å². The largest absolute Gasteiger partial charge is 0.341 e. The Kier molecular flexibility index (Phi) is 9.80. The van der Waals surface area contributed by atoms with E-state index in [1.165, 1.54) is 37.9 Å². The lowest BCUT2D eigenvalue weighted by molar-refractivity contribution is -0.131. The molecule has 3 rings (SSSR count). The van der Waals surface area contributed by atoms with Crippen LogP contribution in [0.2, 0.25) is 0 Å². The van der Waals surface area contributed by atoms with Gasteiger partial charge in [0.15, 0.2) is 0 Å². The second-order valence-electron chi connectivity index (χ2n) is 7.00. The molecule has 0 aliphatic carbocycles. The van der Waals surface area contributed by atoms with Crippen LogP contribution in [0.1, 0.15) is 43.2 Å². The van der Waals surface area contributed by atoms with E-state index < -0.39 is 6.04 Å². The highest BCUT2D eigenvalue weighted by Crippen LogP contribution is 2.15. The van der Waals surface area contributed by atoms with E-state index in [4.69, 9.17) is 5.73 Å². The van der Waals surface area contributed by atoms with Crippen LogP contribution in [0.15, 0.2) is 24.3 Å². The van der Waals surface area contributed by atoms with Crippen LogP contribution in [0.25, 0.3) is 0 Å². The molecular weight excluding hydrogens is 357 g/mol. The molecule has 4 nitrogen and oxygen atoms in total. The molecule has 142 valence electrons. The van der Waals surface area contributed by atoms with Gasteiger partial charge in [-0.15, -0.1) is 24.8 Å². The fraction of sp³-hybridized carbons (Fsp3) is 0.632. The Morgan fingerprint density at radius 1 is 0.880 bits per heavy atom. The molecule has 6 heteroatoms. The minimum absolute atomic E-state index is 0. The Labute approximate surface area is 163 Å². The molecule has 2 saturated heterocycles. The van der Waals surface area contributed by atoms with Crippen molar-refractivity contribution in [3.8, 4) is 0 Å². The van der Waals surface area contributed by atoms with Crippen LogP contribution in [-0.2, 0) is 17.8 Å². The maximum Gasteiger partial charge on any atom is 0.239 e. The second-order valence-corrected chi connectivity index (χ2v) is 7.00. The van der Waals surface area contributed by atoms with Gasteiger partial charge in [0.1, 0.15) is 0 Å². The molecule has 1 unspecified atom stereocenters. The smallest absolute Gasteiger partial charge is 0.239 e. The van der Waals surface area contributed by atoms with Crippen molar-refractivity contribution in [2.45, 2.75) is 51.1 Å². The standard InChI is InChI=1S/C19H29N3O.2ClH/c20-18(19(23)22-12-4-5-13-22)14-16-6-8-17(9-7-16)15-21-10-2-1-3-11-21;;/h6-9,18H,1-5,10-15,20H2;2*1H. The van der Waals surface area contributed by atoms with Gasteiger partial charge < -0.3 is 10.6 Å². The number of nitrogens with two attached hydrogens (primary N) is 1. The van der Waals surface area contributed by atoms with E-state index in [9.17, 15) is 4.79 Å². The van der Waals surface area contributed by atoms with Gasteiger partial charge in [-0.2, -0.15) is 0 Å². The zero-order valence-electron chi connectivity index (χ0n) is 14.9. The molecule has 2 aliphatic heterocycles. The van der Waals surface area contributed by atoms with Gasteiger partial charge in [-0.05, 0) is 56.3 Å². The van der Waals surface area contributed by atoms with Crippen LogP contribution in [0.5, 0.6) is 0 Å².